The zero-order valence-corrected chi connectivity index (χ0v) is 49.6. The summed E-state index contributed by atoms with van der Waals surface area (Å²) >= 11 is 0. The van der Waals surface area contributed by atoms with Gasteiger partial charge in [0.2, 0.25) is 5.91 Å². The van der Waals surface area contributed by atoms with Gasteiger partial charge in [-0.05, 0) is 89.9 Å². The van der Waals surface area contributed by atoms with E-state index < -0.39 is 12.1 Å². The summed E-state index contributed by atoms with van der Waals surface area (Å²) in [6.07, 6.45) is 81.6. The van der Waals surface area contributed by atoms with Gasteiger partial charge in [0.05, 0.1) is 25.4 Å². The molecule has 0 aliphatic heterocycles. The minimum Gasteiger partial charge on any atom is -0.466 e. The van der Waals surface area contributed by atoms with Crippen LogP contribution in [-0.2, 0) is 14.3 Å². The fourth-order valence-electron chi connectivity index (χ4n) is 10.0. The van der Waals surface area contributed by atoms with E-state index >= 15 is 0 Å². The number of carbonyl (C=O) groups is 2. The summed E-state index contributed by atoms with van der Waals surface area (Å²) in [5.74, 6) is -0.0696. The molecule has 3 N–H and O–H groups in total. The van der Waals surface area contributed by atoms with Crippen molar-refractivity contribution < 1.29 is 24.5 Å². The summed E-state index contributed by atoms with van der Waals surface area (Å²) in [5.41, 5.74) is 0. The first-order chi connectivity index (χ1) is 36.5. The molecule has 0 heterocycles. The monoisotopic (exact) mass is 1040 g/mol. The van der Waals surface area contributed by atoms with E-state index in [1.807, 2.05) is 6.08 Å². The molecular weight excluding hydrogens is 911 g/mol. The summed E-state index contributed by atoms with van der Waals surface area (Å²) in [5, 5.41) is 23.2. The lowest BCUT2D eigenvalue weighted by molar-refractivity contribution is -0.143. The number of esters is 1. The molecular formula is C68H127NO5. The van der Waals surface area contributed by atoms with E-state index in [9.17, 15) is 19.8 Å². The molecule has 0 spiro atoms. The second kappa shape index (κ2) is 63.4. The van der Waals surface area contributed by atoms with Gasteiger partial charge < -0.3 is 20.3 Å². The van der Waals surface area contributed by atoms with E-state index in [1.54, 1.807) is 6.08 Å². The largest absolute Gasteiger partial charge is 0.466 e. The predicted octanol–water partition coefficient (Wildman–Crippen LogP) is 20.9. The van der Waals surface area contributed by atoms with Crippen LogP contribution in [0.4, 0.5) is 0 Å². The molecule has 434 valence electrons. The molecule has 0 aliphatic rings. The first-order valence-corrected chi connectivity index (χ1v) is 32.9. The molecule has 2 unspecified atom stereocenters. The standard InChI is InChI=1S/C68H127NO5/c1-3-5-7-9-11-13-15-17-19-21-30-34-38-42-46-50-54-58-62-68(73)74-63-59-55-51-47-43-39-35-31-28-26-24-22-23-25-27-29-33-37-41-45-49-53-57-61-67(72)69-65(64-70)66(71)60-56-52-48-44-40-36-32-20-18-16-14-12-10-8-6-4-2/h13,15,19,21,25,27,56,60,65-66,70-71H,3-12,14,16-18,20,22-24,26,28-55,57-59,61-64H2,1-2H3,(H,69,72)/b15-13-,21-19-,27-25-,60-56+. The summed E-state index contributed by atoms with van der Waals surface area (Å²) in [6, 6.07) is -0.633. The van der Waals surface area contributed by atoms with Gasteiger partial charge in [0, 0.05) is 12.8 Å². The molecule has 0 aromatic carbocycles. The summed E-state index contributed by atoms with van der Waals surface area (Å²) in [4.78, 5) is 24.6. The van der Waals surface area contributed by atoms with Gasteiger partial charge in [0.1, 0.15) is 0 Å². The van der Waals surface area contributed by atoms with Crippen LogP contribution in [0.1, 0.15) is 348 Å². The average Bonchev–Trinajstić information content (AvgIpc) is 3.40. The molecule has 0 fully saturated rings. The van der Waals surface area contributed by atoms with Crippen molar-refractivity contribution in [2.75, 3.05) is 13.2 Å². The minimum atomic E-state index is -0.849. The minimum absolute atomic E-state index is 0.00358. The number of carbonyl (C=O) groups excluding carboxylic acids is 2. The molecule has 6 nitrogen and oxygen atoms in total. The quantitative estimate of drug-likeness (QED) is 0.0320. The Hall–Kier alpha value is -2.18. The van der Waals surface area contributed by atoms with E-state index in [-0.39, 0.29) is 18.5 Å². The first-order valence-electron chi connectivity index (χ1n) is 32.9. The number of rotatable bonds is 61. The van der Waals surface area contributed by atoms with Crippen molar-refractivity contribution in [2.45, 2.75) is 360 Å². The van der Waals surface area contributed by atoms with Crippen LogP contribution in [-0.4, -0.2) is 47.4 Å². The highest BCUT2D eigenvalue weighted by Crippen LogP contribution is 2.17. The van der Waals surface area contributed by atoms with Crippen LogP contribution in [0.3, 0.4) is 0 Å². The smallest absolute Gasteiger partial charge is 0.305 e. The van der Waals surface area contributed by atoms with Gasteiger partial charge in [0.15, 0.2) is 0 Å². The number of unbranched alkanes of at least 4 members (excludes halogenated alkanes) is 44. The van der Waals surface area contributed by atoms with E-state index in [2.05, 4.69) is 55.6 Å². The van der Waals surface area contributed by atoms with Crippen LogP contribution in [0, 0.1) is 0 Å². The maximum absolute atomic E-state index is 12.5. The van der Waals surface area contributed by atoms with E-state index in [4.69, 9.17) is 4.74 Å². The van der Waals surface area contributed by atoms with E-state index in [1.165, 1.54) is 263 Å². The zero-order chi connectivity index (χ0) is 53.6. The Morgan fingerprint density at radius 3 is 1.05 bits per heavy atom. The normalized spacial score (nSPS) is 12.9. The lowest BCUT2D eigenvalue weighted by Gasteiger charge is -2.20. The Morgan fingerprint density at radius 1 is 0.378 bits per heavy atom. The fourth-order valence-corrected chi connectivity index (χ4v) is 10.0. The zero-order valence-electron chi connectivity index (χ0n) is 49.6. The summed E-state index contributed by atoms with van der Waals surface area (Å²) < 4.78 is 5.49. The van der Waals surface area contributed by atoms with Crippen molar-refractivity contribution in [3.05, 3.63) is 48.6 Å². The van der Waals surface area contributed by atoms with E-state index in [0.717, 1.165) is 57.8 Å². The highest BCUT2D eigenvalue weighted by molar-refractivity contribution is 5.76. The van der Waals surface area contributed by atoms with E-state index in [0.29, 0.717) is 19.4 Å². The van der Waals surface area contributed by atoms with Gasteiger partial charge in [-0.1, -0.05) is 294 Å². The number of aliphatic hydroxyl groups is 2. The van der Waals surface area contributed by atoms with Crippen molar-refractivity contribution >= 4 is 11.9 Å². The van der Waals surface area contributed by atoms with Crippen LogP contribution >= 0.6 is 0 Å². The van der Waals surface area contributed by atoms with Crippen LogP contribution in [0.5, 0.6) is 0 Å². The molecule has 0 saturated carbocycles. The molecule has 74 heavy (non-hydrogen) atoms. The Balaban J connectivity index is 3.43. The fraction of sp³-hybridized carbons (Fsp3) is 0.853. The molecule has 6 heteroatoms. The highest BCUT2D eigenvalue weighted by Gasteiger charge is 2.18. The molecule has 0 rings (SSSR count). The third-order valence-electron chi connectivity index (χ3n) is 15.1. The SMILES string of the molecule is CCCCCC/C=C\C/C=C\CCCCCCCCCC(=O)OCCCCCCCCCCCCCC/C=C\CCCCCCCCCC(=O)NC(CO)C(O)/C=C/CCCCCCCCCCCCCCCC. The second-order valence-electron chi connectivity index (χ2n) is 22.4. The van der Waals surface area contributed by atoms with Gasteiger partial charge >= 0.3 is 5.97 Å². The van der Waals surface area contributed by atoms with Crippen LogP contribution < -0.4 is 5.32 Å². The Labute approximate surface area is 461 Å². The van der Waals surface area contributed by atoms with Gasteiger partial charge in [-0.25, -0.2) is 0 Å². The molecule has 0 saturated heterocycles. The number of ether oxygens (including phenoxy) is 1. The lowest BCUT2D eigenvalue weighted by Crippen LogP contribution is -2.45. The van der Waals surface area contributed by atoms with Crippen LogP contribution in [0.2, 0.25) is 0 Å². The number of amides is 1. The summed E-state index contributed by atoms with van der Waals surface area (Å²) in [7, 11) is 0. The second-order valence-corrected chi connectivity index (χ2v) is 22.4. The van der Waals surface area contributed by atoms with Gasteiger partial charge in [0.25, 0.3) is 0 Å². The lowest BCUT2D eigenvalue weighted by atomic mass is 10.0. The number of hydrogen-bond donors (Lipinski definition) is 3. The highest BCUT2D eigenvalue weighted by atomic mass is 16.5. The third kappa shape index (κ3) is 59.1. The van der Waals surface area contributed by atoms with Gasteiger partial charge in [-0.2, -0.15) is 0 Å². The molecule has 1 amide bonds. The molecule has 0 aromatic heterocycles. The van der Waals surface area contributed by atoms with Crippen molar-refractivity contribution in [3.63, 3.8) is 0 Å². The van der Waals surface area contributed by atoms with Crippen molar-refractivity contribution in [2.24, 2.45) is 0 Å². The molecule has 2 atom stereocenters. The van der Waals surface area contributed by atoms with Crippen molar-refractivity contribution in [3.8, 4) is 0 Å². The number of nitrogens with one attached hydrogen (secondary N) is 1. The number of aliphatic hydroxyl groups excluding tert-OH is 2. The average molecular weight is 1040 g/mol. The van der Waals surface area contributed by atoms with Gasteiger partial charge in [-0.3, -0.25) is 9.59 Å². The topological polar surface area (TPSA) is 95.9 Å². The third-order valence-corrected chi connectivity index (χ3v) is 15.1. The van der Waals surface area contributed by atoms with Crippen LogP contribution in [0.15, 0.2) is 48.6 Å². The maximum Gasteiger partial charge on any atom is 0.305 e. The predicted molar refractivity (Wildman–Crippen MR) is 324 cm³/mol. The van der Waals surface area contributed by atoms with Gasteiger partial charge in [-0.15, -0.1) is 0 Å². The first kappa shape index (κ1) is 71.8. The van der Waals surface area contributed by atoms with Crippen LogP contribution in [0.25, 0.3) is 0 Å². The Morgan fingerprint density at radius 2 is 0.676 bits per heavy atom. The van der Waals surface area contributed by atoms with Crippen molar-refractivity contribution in [1.82, 2.24) is 5.32 Å². The molecule has 0 radical (unpaired) electrons. The number of hydrogen-bond acceptors (Lipinski definition) is 5. The molecule has 0 aromatic rings. The molecule has 0 bridgehead atoms. The van der Waals surface area contributed by atoms with Crippen molar-refractivity contribution in [1.29, 1.82) is 0 Å². The molecule has 0 aliphatic carbocycles. The summed E-state index contributed by atoms with van der Waals surface area (Å²) in [6.45, 7) is 4.90. The number of allylic oxidation sites excluding steroid dienone is 7. The Kier molecular flexibility index (Phi) is 61.5. The maximum atomic E-state index is 12.5. The Bertz CT molecular complexity index is 1240.